The zero-order chi connectivity index (χ0) is 7.15. The van der Waals surface area contributed by atoms with Crippen LogP contribution in [0.3, 0.4) is 0 Å². The van der Waals surface area contributed by atoms with Crippen molar-refractivity contribution in [1.82, 2.24) is 0 Å². The number of hydrogen-bond acceptors (Lipinski definition) is 2. The van der Waals surface area contributed by atoms with Gasteiger partial charge >= 0.3 is 0 Å². The SMILES string of the molecule is CC(C)=O.CC(N)=O.[Zr]. The number of primary amides is 1. The molecule has 0 aliphatic carbocycles. The summed E-state index contributed by atoms with van der Waals surface area (Å²) in [6, 6.07) is 0. The molecule has 0 aromatic heterocycles. The van der Waals surface area contributed by atoms with Crippen LogP contribution in [0.2, 0.25) is 0 Å². The van der Waals surface area contributed by atoms with Crippen LogP contribution in [-0.2, 0) is 35.8 Å². The van der Waals surface area contributed by atoms with Gasteiger partial charge in [0.2, 0.25) is 5.91 Å². The molecular formula is C5H11NO2Zr. The minimum atomic E-state index is -0.333. The summed E-state index contributed by atoms with van der Waals surface area (Å²) in [5, 5.41) is 0. The molecular weight excluding hydrogens is 197 g/mol. The summed E-state index contributed by atoms with van der Waals surface area (Å²) in [5.74, 6) is -0.167. The minimum Gasteiger partial charge on any atom is -0.370 e. The summed E-state index contributed by atoms with van der Waals surface area (Å²) >= 11 is 0. The molecule has 0 heterocycles. The normalized spacial score (nSPS) is 5.67. The molecule has 0 bridgehead atoms. The molecule has 0 spiro atoms. The van der Waals surface area contributed by atoms with E-state index in [9.17, 15) is 9.59 Å². The van der Waals surface area contributed by atoms with E-state index in [4.69, 9.17) is 0 Å². The Balaban J connectivity index is -0.0000000720. The first-order valence-electron chi connectivity index (χ1n) is 2.20. The molecule has 52 valence electrons. The van der Waals surface area contributed by atoms with Crippen LogP contribution in [0.5, 0.6) is 0 Å². The number of hydrogen-bond donors (Lipinski definition) is 1. The average Bonchev–Trinajstić information content (AvgIpc) is 1.25. The van der Waals surface area contributed by atoms with E-state index < -0.39 is 0 Å². The zero-order valence-electron chi connectivity index (χ0n) is 5.89. The third-order valence-corrected chi connectivity index (χ3v) is 0. The fraction of sp³-hybridized carbons (Fsp3) is 0.600. The molecule has 0 aliphatic heterocycles. The first-order chi connectivity index (χ1) is 3.46. The quantitative estimate of drug-likeness (QED) is 0.613. The number of rotatable bonds is 0. The molecule has 0 saturated carbocycles. The van der Waals surface area contributed by atoms with Crippen molar-refractivity contribution in [3.8, 4) is 0 Å². The molecule has 0 fully saturated rings. The minimum absolute atomic E-state index is 0. The zero-order valence-corrected chi connectivity index (χ0v) is 8.35. The second-order valence-corrected chi connectivity index (χ2v) is 1.52. The van der Waals surface area contributed by atoms with Crippen LogP contribution >= 0.6 is 0 Å². The van der Waals surface area contributed by atoms with Crippen LogP contribution < -0.4 is 5.73 Å². The second kappa shape index (κ2) is 10.9. The van der Waals surface area contributed by atoms with Crippen LogP contribution in [0.15, 0.2) is 0 Å². The van der Waals surface area contributed by atoms with E-state index in [0.29, 0.717) is 0 Å². The number of carbonyl (C=O) groups is 2. The van der Waals surface area contributed by atoms with Gasteiger partial charge < -0.3 is 10.5 Å². The Kier molecular flexibility index (Phi) is 19.4. The van der Waals surface area contributed by atoms with Gasteiger partial charge in [0.25, 0.3) is 0 Å². The maximum absolute atomic E-state index is 9.44. The van der Waals surface area contributed by atoms with Gasteiger partial charge in [-0.1, -0.05) is 0 Å². The summed E-state index contributed by atoms with van der Waals surface area (Å²) in [6.45, 7) is 4.36. The number of amides is 1. The molecule has 0 atom stereocenters. The van der Waals surface area contributed by atoms with Crippen molar-refractivity contribution in [2.24, 2.45) is 5.73 Å². The molecule has 0 radical (unpaired) electrons. The predicted molar refractivity (Wildman–Crippen MR) is 31.2 cm³/mol. The Bertz CT molecular complexity index is 73.0. The second-order valence-electron chi connectivity index (χ2n) is 1.52. The molecule has 4 heteroatoms. The molecule has 0 aliphatic rings. The summed E-state index contributed by atoms with van der Waals surface area (Å²) in [7, 11) is 0. The van der Waals surface area contributed by atoms with Crippen LogP contribution in [0.1, 0.15) is 20.8 Å². The van der Waals surface area contributed by atoms with Gasteiger partial charge in [-0.3, -0.25) is 4.79 Å². The van der Waals surface area contributed by atoms with E-state index in [1.807, 2.05) is 0 Å². The van der Waals surface area contributed by atoms with E-state index in [0.717, 1.165) is 0 Å². The van der Waals surface area contributed by atoms with Crippen molar-refractivity contribution >= 4 is 11.7 Å². The topological polar surface area (TPSA) is 60.2 Å². The Morgan fingerprint density at radius 1 is 1.11 bits per heavy atom. The van der Waals surface area contributed by atoms with Gasteiger partial charge in [0.05, 0.1) is 0 Å². The van der Waals surface area contributed by atoms with Crippen molar-refractivity contribution in [2.45, 2.75) is 20.8 Å². The molecule has 0 aromatic rings. The summed E-state index contributed by atoms with van der Waals surface area (Å²) in [6.07, 6.45) is 0. The largest absolute Gasteiger partial charge is 0.370 e. The van der Waals surface area contributed by atoms with Crippen molar-refractivity contribution in [3.05, 3.63) is 0 Å². The number of ketones is 1. The Morgan fingerprint density at radius 2 is 1.11 bits per heavy atom. The number of nitrogens with two attached hydrogens (primary N) is 1. The first-order valence-corrected chi connectivity index (χ1v) is 2.20. The van der Waals surface area contributed by atoms with Crippen molar-refractivity contribution < 1.29 is 35.8 Å². The van der Waals surface area contributed by atoms with Gasteiger partial charge in [-0.15, -0.1) is 0 Å². The molecule has 0 saturated heterocycles. The molecule has 0 rings (SSSR count). The van der Waals surface area contributed by atoms with E-state index in [-0.39, 0.29) is 37.9 Å². The van der Waals surface area contributed by atoms with Gasteiger partial charge in [0.1, 0.15) is 5.78 Å². The van der Waals surface area contributed by atoms with Crippen LogP contribution in [0, 0.1) is 0 Å². The molecule has 0 aromatic carbocycles. The van der Waals surface area contributed by atoms with Crippen LogP contribution in [0.25, 0.3) is 0 Å². The fourth-order valence-electron chi connectivity index (χ4n) is 0. The van der Waals surface area contributed by atoms with Gasteiger partial charge in [0, 0.05) is 33.1 Å². The Hall–Kier alpha value is 0.0231. The molecule has 9 heavy (non-hydrogen) atoms. The smallest absolute Gasteiger partial charge is 0.214 e. The monoisotopic (exact) mass is 207 g/mol. The summed E-state index contributed by atoms with van der Waals surface area (Å²) < 4.78 is 0. The van der Waals surface area contributed by atoms with Crippen LogP contribution in [0.4, 0.5) is 0 Å². The maximum atomic E-state index is 9.44. The van der Waals surface area contributed by atoms with Gasteiger partial charge in [-0.2, -0.15) is 0 Å². The summed E-state index contributed by atoms with van der Waals surface area (Å²) in [4.78, 5) is 18.7. The standard InChI is InChI=1S/C3H6O.C2H5NO.Zr/c1-3(2)4;1-2(3)4;/h1-2H3;1H3,(H2,3,4);. The van der Waals surface area contributed by atoms with Crippen molar-refractivity contribution in [3.63, 3.8) is 0 Å². The van der Waals surface area contributed by atoms with E-state index in [1.54, 1.807) is 0 Å². The Morgan fingerprint density at radius 3 is 1.11 bits per heavy atom. The van der Waals surface area contributed by atoms with E-state index >= 15 is 0 Å². The maximum Gasteiger partial charge on any atom is 0.214 e. The molecule has 3 nitrogen and oxygen atoms in total. The molecule has 2 N–H and O–H groups in total. The van der Waals surface area contributed by atoms with E-state index in [1.165, 1.54) is 20.8 Å². The third kappa shape index (κ3) is 545000. The van der Waals surface area contributed by atoms with Crippen LogP contribution in [-0.4, -0.2) is 11.7 Å². The average molecular weight is 208 g/mol. The van der Waals surface area contributed by atoms with Gasteiger partial charge in [0.15, 0.2) is 0 Å². The number of carbonyl (C=O) groups excluding carboxylic acids is 2. The van der Waals surface area contributed by atoms with Gasteiger partial charge in [-0.05, 0) is 13.8 Å². The van der Waals surface area contributed by atoms with Crippen molar-refractivity contribution in [1.29, 1.82) is 0 Å². The third-order valence-electron chi connectivity index (χ3n) is 0. The molecule has 0 unspecified atom stereocenters. The van der Waals surface area contributed by atoms with Gasteiger partial charge in [-0.25, -0.2) is 0 Å². The summed E-state index contributed by atoms with van der Waals surface area (Å²) in [5.41, 5.74) is 4.47. The number of Topliss-reactive ketones (excluding diaryl/α,β-unsaturated/α-hetero) is 1. The predicted octanol–water partition coefficient (Wildman–Crippen LogP) is 0.0844. The van der Waals surface area contributed by atoms with Crippen molar-refractivity contribution in [2.75, 3.05) is 0 Å². The Labute approximate surface area is 74.1 Å². The fourth-order valence-corrected chi connectivity index (χ4v) is 0. The molecule has 1 amide bonds. The first kappa shape index (κ1) is 16.0. The van der Waals surface area contributed by atoms with E-state index in [2.05, 4.69) is 5.73 Å².